The first-order valence-corrected chi connectivity index (χ1v) is 24.8. The molecule has 0 radical (unpaired) electrons. The van der Waals surface area contributed by atoms with Crippen LogP contribution in [0.5, 0.6) is 0 Å². The van der Waals surface area contributed by atoms with E-state index in [2.05, 4.69) is 79.1 Å². The van der Waals surface area contributed by atoms with Crippen molar-refractivity contribution in [3.8, 4) is 11.3 Å². The maximum Gasteiger partial charge on any atom is 0.316 e. The minimum absolute atomic E-state index is 0.0255. The van der Waals surface area contributed by atoms with E-state index in [1.807, 2.05) is 101 Å². The van der Waals surface area contributed by atoms with Gasteiger partial charge in [-0.3, -0.25) is 24.2 Å². The number of nitrogens with zero attached hydrogens (tertiary/aromatic N) is 4. The number of carbonyl (C=O) groups is 4. The molecule has 0 amide bonds. The van der Waals surface area contributed by atoms with Gasteiger partial charge in [-0.1, -0.05) is 89.0 Å². The Morgan fingerprint density at radius 1 is 0.969 bits per heavy atom. The van der Waals surface area contributed by atoms with E-state index in [0.717, 1.165) is 17.7 Å². The molecule has 2 aromatic heterocycles. The predicted octanol–water partition coefficient (Wildman–Crippen LogP) is 11.9. The van der Waals surface area contributed by atoms with E-state index in [1.165, 1.54) is 26.2 Å². The molecular weight excluding hydrogens is 821 g/mol. The highest BCUT2D eigenvalue weighted by Crippen LogP contribution is 2.40. The fourth-order valence-electron chi connectivity index (χ4n) is 8.45. The maximum absolute atomic E-state index is 13.6. The topological polar surface area (TPSA) is 139 Å². The van der Waals surface area contributed by atoms with Gasteiger partial charge < -0.3 is 28.4 Å². The molecule has 374 valence electrons. The number of rotatable bonds is 10. The third kappa shape index (κ3) is 21.4. The molecule has 4 heterocycles. The Kier molecular flexibility index (Phi) is 29.1. The molecule has 0 aliphatic carbocycles. The zero-order valence-corrected chi connectivity index (χ0v) is 44.7. The molecule has 12 nitrogen and oxygen atoms in total. The monoisotopic (exact) mass is 915 g/mol. The zero-order valence-electron chi connectivity index (χ0n) is 44.7. The highest BCUT2D eigenvalue weighted by molar-refractivity contribution is 6.00. The lowest BCUT2D eigenvalue weighted by Gasteiger charge is -2.44. The van der Waals surface area contributed by atoms with Gasteiger partial charge in [0.15, 0.2) is 12.1 Å². The van der Waals surface area contributed by atoms with Gasteiger partial charge in [0, 0.05) is 66.8 Å². The van der Waals surface area contributed by atoms with Crippen LogP contribution in [0.2, 0.25) is 0 Å². The number of ketones is 2. The van der Waals surface area contributed by atoms with E-state index in [9.17, 15) is 19.2 Å². The summed E-state index contributed by atoms with van der Waals surface area (Å²) in [6, 6.07) is 4.29. The van der Waals surface area contributed by atoms with Gasteiger partial charge in [-0.05, 0) is 112 Å². The third-order valence-corrected chi connectivity index (χ3v) is 12.2. The Balaban J connectivity index is 0.00000116. The van der Waals surface area contributed by atoms with Crippen molar-refractivity contribution in [1.82, 2.24) is 19.4 Å². The Hall–Kier alpha value is -3.48. The lowest BCUT2D eigenvalue weighted by atomic mass is 9.70. The average Bonchev–Trinajstić information content (AvgIpc) is 3.78. The van der Waals surface area contributed by atoms with Gasteiger partial charge in [-0.15, -0.1) is 0 Å². The van der Waals surface area contributed by atoms with Crippen LogP contribution in [0.15, 0.2) is 37.1 Å². The van der Waals surface area contributed by atoms with Crippen LogP contribution >= 0.6 is 0 Å². The number of pyridine rings is 1. The number of imidazole rings is 1. The van der Waals surface area contributed by atoms with Crippen molar-refractivity contribution in [2.45, 2.75) is 225 Å². The summed E-state index contributed by atoms with van der Waals surface area (Å²) in [6.45, 7) is 35.4. The number of cyclic esters (lactones) is 1. The molecule has 0 bridgehead atoms. The van der Waals surface area contributed by atoms with Crippen molar-refractivity contribution in [3.05, 3.63) is 37.1 Å². The Labute approximate surface area is 396 Å². The Bertz CT molecular complexity index is 1640. The number of esters is 2. The second kappa shape index (κ2) is 30.7. The van der Waals surface area contributed by atoms with Gasteiger partial charge in [-0.2, -0.15) is 0 Å². The molecule has 0 unspecified atom stereocenters. The largest absolute Gasteiger partial charge is 0.463 e. The lowest BCUT2D eigenvalue weighted by Crippen LogP contribution is -2.50. The Morgan fingerprint density at radius 2 is 1.60 bits per heavy atom. The van der Waals surface area contributed by atoms with Gasteiger partial charge in [0.2, 0.25) is 0 Å². The quantitative estimate of drug-likeness (QED) is 0.166. The summed E-state index contributed by atoms with van der Waals surface area (Å²) in [6.07, 6.45) is 14.3. The summed E-state index contributed by atoms with van der Waals surface area (Å²) < 4.78 is 25.4. The molecule has 2 aliphatic heterocycles. The molecular formula is C53H94N4O8. The van der Waals surface area contributed by atoms with Crippen LogP contribution in [0.3, 0.4) is 0 Å². The van der Waals surface area contributed by atoms with Crippen LogP contribution < -0.4 is 0 Å². The van der Waals surface area contributed by atoms with Crippen LogP contribution in [-0.2, 0) is 43.7 Å². The normalized spacial score (nSPS) is 26.3. The molecule has 0 aromatic carbocycles. The minimum Gasteiger partial charge on any atom is -0.463 e. The molecule has 65 heavy (non-hydrogen) atoms. The van der Waals surface area contributed by atoms with E-state index >= 15 is 0 Å². The standard InChI is InChI=1S/C29H51NO6.C15H21N3.C5H10O2.2C2H6/c1-11-23-13-12-17(2)25(31)18(3)16-29(7,8)27(20(5)26(32)21(6)28(33)35-23)36-24-15-22(30(9)10)14-19(4)34-24;1-4-5-8-15(2,3)18-11-14(17-12-18)13-7-6-9-16-10-13;1-4(2)7-5(3)6;2*1-2/h17-24,27H,11-16H2,1-10H3;6-7,9-12H,4-5,8H2,1-3H3;4H,1-3H3;2*1-2H3/t17-,18-,19-,20+,21-,22+,23-,24+,27-;;;;/m1..../s1. The summed E-state index contributed by atoms with van der Waals surface area (Å²) in [5.41, 5.74) is 1.69. The number of carbonyl (C=O) groups excluding carboxylic acids is 4. The number of hydrogen-bond donors (Lipinski definition) is 0. The molecule has 2 saturated heterocycles. The predicted molar refractivity (Wildman–Crippen MR) is 264 cm³/mol. The van der Waals surface area contributed by atoms with Crippen molar-refractivity contribution in [2.24, 2.45) is 29.1 Å². The van der Waals surface area contributed by atoms with Crippen LogP contribution in [0.1, 0.15) is 182 Å². The molecule has 2 aromatic rings. The highest BCUT2D eigenvalue weighted by Gasteiger charge is 2.45. The lowest BCUT2D eigenvalue weighted by molar-refractivity contribution is -0.246. The van der Waals surface area contributed by atoms with Crippen molar-refractivity contribution < 1.29 is 38.1 Å². The minimum atomic E-state index is -0.879. The van der Waals surface area contributed by atoms with Crippen molar-refractivity contribution in [3.63, 3.8) is 0 Å². The molecule has 2 aliphatic rings. The van der Waals surface area contributed by atoms with Gasteiger partial charge in [0.1, 0.15) is 17.8 Å². The number of hydrogen-bond acceptors (Lipinski definition) is 11. The second-order valence-electron chi connectivity index (χ2n) is 19.4. The van der Waals surface area contributed by atoms with Crippen LogP contribution in [0.25, 0.3) is 11.3 Å². The first-order chi connectivity index (χ1) is 30.4. The summed E-state index contributed by atoms with van der Waals surface area (Å²) in [5.74, 6) is -2.42. The second-order valence-corrected chi connectivity index (χ2v) is 19.4. The van der Waals surface area contributed by atoms with Gasteiger partial charge in [0.05, 0.1) is 30.3 Å². The smallest absolute Gasteiger partial charge is 0.316 e. The van der Waals surface area contributed by atoms with Crippen LogP contribution in [-0.4, -0.2) is 93.8 Å². The summed E-state index contributed by atoms with van der Waals surface area (Å²) in [4.78, 5) is 60.7. The number of unbranched alkanes of at least 4 members (excludes halogenated alkanes) is 1. The summed E-state index contributed by atoms with van der Waals surface area (Å²) >= 11 is 0. The van der Waals surface area contributed by atoms with E-state index in [-0.39, 0.29) is 53.2 Å². The van der Waals surface area contributed by atoms with E-state index in [1.54, 1.807) is 13.1 Å². The summed E-state index contributed by atoms with van der Waals surface area (Å²) in [5, 5.41) is 0. The van der Waals surface area contributed by atoms with Crippen molar-refractivity contribution in [1.29, 1.82) is 0 Å². The van der Waals surface area contributed by atoms with E-state index in [4.69, 9.17) is 14.2 Å². The van der Waals surface area contributed by atoms with E-state index < -0.39 is 35.6 Å². The molecule has 2 fully saturated rings. The molecule has 0 spiro atoms. The maximum atomic E-state index is 13.6. The SMILES string of the molecule is CC.CC.CC(=O)OC(C)C.CCCCC(C)(C)n1cnc(-c2cccnc2)c1.CC[C@@H]1CC[C@@H](C)C(=O)[C@H](C)CC(C)(C)[C@H](O[C@H]2C[C@@H](N(C)C)C[C@@H](C)O2)[C@@H](C)C(=O)[C@@H](C)C(=O)O1. The van der Waals surface area contributed by atoms with Gasteiger partial charge >= 0.3 is 11.9 Å². The zero-order chi connectivity index (χ0) is 50.2. The number of Topliss-reactive ketones (excluding diaryl/α,β-unsaturated/α-hetero) is 2. The van der Waals surface area contributed by atoms with Crippen molar-refractivity contribution in [2.75, 3.05) is 14.1 Å². The van der Waals surface area contributed by atoms with Crippen molar-refractivity contribution >= 4 is 23.5 Å². The van der Waals surface area contributed by atoms with Crippen LogP contribution in [0.4, 0.5) is 0 Å². The molecule has 4 rings (SSSR count). The molecule has 9 atom stereocenters. The fraction of sp³-hybridized carbons (Fsp3) is 0.774. The molecule has 0 saturated carbocycles. The fourth-order valence-corrected chi connectivity index (χ4v) is 8.45. The van der Waals surface area contributed by atoms with E-state index in [0.29, 0.717) is 38.1 Å². The van der Waals surface area contributed by atoms with Crippen LogP contribution in [0, 0.1) is 29.1 Å². The summed E-state index contributed by atoms with van der Waals surface area (Å²) in [7, 11) is 4.12. The first-order valence-electron chi connectivity index (χ1n) is 24.8. The number of aromatic nitrogens is 3. The molecule has 0 N–H and O–H groups in total. The highest BCUT2D eigenvalue weighted by atomic mass is 16.7. The van der Waals surface area contributed by atoms with Gasteiger partial charge in [0.25, 0.3) is 0 Å². The van der Waals surface area contributed by atoms with Gasteiger partial charge in [-0.25, -0.2) is 4.98 Å². The average molecular weight is 915 g/mol. The first kappa shape index (κ1) is 61.5. The molecule has 12 heteroatoms. The third-order valence-electron chi connectivity index (χ3n) is 12.2. The Morgan fingerprint density at radius 3 is 2.11 bits per heavy atom. The number of ether oxygens (including phenoxy) is 4.